The fraction of sp³-hybridized carbons (Fsp3) is 0.471. The zero-order valence-corrected chi connectivity index (χ0v) is 13.0. The fourth-order valence-corrected chi connectivity index (χ4v) is 3.49. The van der Waals surface area contributed by atoms with Crippen LogP contribution in [0.4, 0.5) is 0 Å². The van der Waals surface area contributed by atoms with Crippen LogP contribution < -0.4 is 4.74 Å². The molecule has 21 heavy (non-hydrogen) atoms. The van der Waals surface area contributed by atoms with Crippen molar-refractivity contribution < 1.29 is 9.26 Å². The lowest BCUT2D eigenvalue weighted by atomic mass is 9.97. The Hall–Kier alpha value is -1.42. The van der Waals surface area contributed by atoms with Gasteiger partial charge in [0.1, 0.15) is 11.5 Å². The molecule has 0 spiro atoms. The monoisotopic (exact) mass is 303 g/mol. The van der Waals surface area contributed by atoms with Crippen LogP contribution >= 0.6 is 11.8 Å². The van der Waals surface area contributed by atoms with E-state index in [4.69, 9.17) is 9.26 Å². The highest BCUT2D eigenvalue weighted by atomic mass is 32.2. The number of nitrogens with zero attached hydrogens (tertiary/aromatic N) is 1. The topological polar surface area (TPSA) is 35.3 Å². The molecule has 0 saturated carbocycles. The van der Waals surface area contributed by atoms with Gasteiger partial charge in [-0.05, 0) is 43.6 Å². The third-order valence-corrected chi connectivity index (χ3v) is 4.77. The number of aryl methyl sites for hydroxylation is 1. The van der Waals surface area contributed by atoms with Gasteiger partial charge in [0.2, 0.25) is 0 Å². The Labute approximate surface area is 130 Å². The molecule has 4 heteroatoms. The minimum atomic E-state index is 0.772. The molecular weight excluding hydrogens is 282 g/mol. The molecule has 2 aromatic rings. The van der Waals surface area contributed by atoms with Gasteiger partial charge in [-0.1, -0.05) is 23.4 Å². The number of benzene rings is 1. The van der Waals surface area contributed by atoms with E-state index < -0.39 is 0 Å². The zero-order valence-electron chi connectivity index (χ0n) is 12.2. The van der Waals surface area contributed by atoms with Gasteiger partial charge in [-0.3, -0.25) is 0 Å². The molecule has 0 aliphatic heterocycles. The number of aromatic nitrogens is 1. The van der Waals surface area contributed by atoms with E-state index in [0.29, 0.717) is 0 Å². The molecule has 1 aromatic carbocycles. The van der Waals surface area contributed by atoms with E-state index in [-0.39, 0.29) is 0 Å². The van der Waals surface area contributed by atoms with Gasteiger partial charge in [0, 0.05) is 17.7 Å². The van der Waals surface area contributed by atoms with Crippen molar-refractivity contribution in [1.29, 1.82) is 0 Å². The van der Waals surface area contributed by atoms with Crippen molar-refractivity contribution in [2.24, 2.45) is 0 Å². The standard InChI is InChI=1S/C17H21NO2S/c1-2-7-14(8-3-1)19-11-6-12-21-13-16-15-9-4-5-10-17(15)20-18-16/h1-3,7-8H,4-6,9-13H2. The lowest BCUT2D eigenvalue weighted by Gasteiger charge is -2.09. The van der Waals surface area contributed by atoms with Crippen molar-refractivity contribution in [2.75, 3.05) is 12.4 Å². The smallest absolute Gasteiger partial charge is 0.140 e. The molecule has 0 bridgehead atoms. The van der Waals surface area contributed by atoms with E-state index >= 15 is 0 Å². The Morgan fingerprint density at radius 3 is 2.90 bits per heavy atom. The van der Waals surface area contributed by atoms with Gasteiger partial charge in [0.15, 0.2) is 0 Å². The average molecular weight is 303 g/mol. The van der Waals surface area contributed by atoms with E-state index in [9.17, 15) is 0 Å². The Balaban J connectivity index is 1.34. The molecule has 1 heterocycles. The maximum Gasteiger partial charge on any atom is 0.140 e. The van der Waals surface area contributed by atoms with Gasteiger partial charge in [-0.2, -0.15) is 11.8 Å². The van der Waals surface area contributed by atoms with Crippen LogP contribution in [0.15, 0.2) is 34.9 Å². The van der Waals surface area contributed by atoms with Gasteiger partial charge in [0.25, 0.3) is 0 Å². The third kappa shape index (κ3) is 4.03. The quantitative estimate of drug-likeness (QED) is 0.716. The van der Waals surface area contributed by atoms with Crippen molar-refractivity contribution in [3.8, 4) is 5.75 Å². The summed E-state index contributed by atoms with van der Waals surface area (Å²) in [6, 6.07) is 9.99. The predicted molar refractivity (Wildman–Crippen MR) is 85.9 cm³/mol. The average Bonchev–Trinajstić information content (AvgIpc) is 2.95. The van der Waals surface area contributed by atoms with Gasteiger partial charge in [-0.15, -0.1) is 0 Å². The highest BCUT2D eigenvalue weighted by Gasteiger charge is 2.18. The second-order valence-electron chi connectivity index (χ2n) is 5.31. The minimum Gasteiger partial charge on any atom is -0.494 e. The second kappa shape index (κ2) is 7.55. The summed E-state index contributed by atoms with van der Waals surface area (Å²) in [7, 11) is 0. The first-order valence-corrected chi connectivity index (χ1v) is 8.81. The van der Waals surface area contributed by atoms with Crippen LogP contribution in [-0.2, 0) is 18.6 Å². The van der Waals surface area contributed by atoms with E-state index in [0.717, 1.165) is 48.9 Å². The number of hydrogen-bond acceptors (Lipinski definition) is 4. The molecule has 0 radical (unpaired) electrons. The fourth-order valence-electron chi connectivity index (χ4n) is 2.60. The zero-order chi connectivity index (χ0) is 14.3. The maximum absolute atomic E-state index is 5.69. The minimum absolute atomic E-state index is 0.772. The maximum atomic E-state index is 5.69. The van der Waals surface area contributed by atoms with Crippen LogP contribution in [0.2, 0.25) is 0 Å². The van der Waals surface area contributed by atoms with E-state index in [1.165, 1.54) is 24.1 Å². The summed E-state index contributed by atoms with van der Waals surface area (Å²) in [5.74, 6) is 4.14. The molecule has 3 rings (SSSR count). The van der Waals surface area contributed by atoms with Crippen LogP contribution in [0.5, 0.6) is 5.75 Å². The predicted octanol–water partition coefficient (Wildman–Crippen LogP) is 4.26. The summed E-state index contributed by atoms with van der Waals surface area (Å²) < 4.78 is 11.1. The molecule has 0 atom stereocenters. The molecule has 0 unspecified atom stereocenters. The van der Waals surface area contributed by atoms with Crippen LogP contribution in [0.1, 0.15) is 36.3 Å². The second-order valence-corrected chi connectivity index (χ2v) is 6.41. The highest BCUT2D eigenvalue weighted by Crippen LogP contribution is 2.26. The summed E-state index contributed by atoms with van der Waals surface area (Å²) >= 11 is 1.92. The first-order valence-electron chi connectivity index (χ1n) is 7.65. The van der Waals surface area contributed by atoms with Crippen molar-refractivity contribution in [2.45, 2.75) is 37.9 Å². The first kappa shape index (κ1) is 14.5. The molecule has 1 aliphatic carbocycles. The van der Waals surface area contributed by atoms with Crippen LogP contribution in [0.3, 0.4) is 0 Å². The summed E-state index contributed by atoms with van der Waals surface area (Å²) in [4.78, 5) is 0. The van der Waals surface area contributed by atoms with Crippen molar-refractivity contribution in [3.05, 3.63) is 47.3 Å². The number of para-hydroxylation sites is 1. The van der Waals surface area contributed by atoms with E-state index in [2.05, 4.69) is 5.16 Å². The van der Waals surface area contributed by atoms with Gasteiger partial charge >= 0.3 is 0 Å². The molecule has 3 nitrogen and oxygen atoms in total. The van der Waals surface area contributed by atoms with Gasteiger partial charge < -0.3 is 9.26 Å². The number of thioether (sulfide) groups is 1. The molecule has 112 valence electrons. The Morgan fingerprint density at radius 2 is 2.00 bits per heavy atom. The first-order chi connectivity index (χ1) is 10.4. The lowest BCUT2D eigenvalue weighted by molar-refractivity contribution is 0.318. The van der Waals surface area contributed by atoms with Crippen LogP contribution in [0.25, 0.3) is 0 Å². The number of fused-ring (bicyclic) bond motifs is 1. The van der Waals surface area contributed by atoms with Gasteiger partial charge in [-0.25, -0.2) is 0 Å². The molecule has 1 aromatic heterocycles. The van der Waals surface area contributed by atoms with Crippen LogP contribution in [-0.4, -0.2) is 17.5 Å². The summed E-state index contributed by atoms with van der Waals surface area (Å²) in [5, 5.41) is 4.24. The number of rotatable bonds is 7. The normalized spacial score (nSPS) is 13.9. The third-order valence-electron chi connectivity index (χ3n) is 3.72. The lowest BCUT2D eigenvalue weighted by Crippen LogP contribution is -2.02. The van der Waals surface area contributed by atoms with Crippen molar-refractivity contribution in [1.82, 2.24) is 5.16 Å². The highest BCUT2D eigenvalue weighted by molar-refractivity contribution is 7.98. The van der Waals surface area contributed by atoms with E-state index in [1.807, 2.05) is 42.1 Å². The van der Waals surface area contributed by atoms with Crippen LogP contribution in [0, 0.1) is 0 Å². The Bertz CT molecular complexity index is 553. The van der Waals surface area contributed by atoms with Crippen molar-refractivity contribution in [3.63, 3.8) is 0 Å². The number of ether oxygens (including phenoxy) is 1. The Kier molecular flexibility index (Phi) is 5.22. The SMILES string of the molecule is c1ccc(OCCCSCc2noc3c2CCCC3)cc1. The molecule has 0 saturated heterocycles. The molecular formula is C17H21NO2S. The van der Waals surface area contributed by atoms with E-state index in [1.54, 1.807) is 0 Å². The number of hydrogen-bond donors (Lipinski definition) is 0. The van der Waals surface area contributed by atoms with Gasteiger partial charge in [0.05, 0.1) is 12.3 Å². The summed E-state index contributed by atoms with van der Waals surface area (Å²) in [5.41, 5.74) is 2.55. The largest absolute Gasteiger partial charge is 0.494 e. The molecule has 1 aliphatic rings. The Morgan fingerprint density at radius 1 is 1.14 bits per heavy atom. The van der Waals surface area contributed by atoms with Crippen molar-refractivity contribution >= 4 is 11.8 Å². The summed E-state index contributed by atoms with van der Waals surface area (Å²) in [6.45, 7) is 0.772. The molecule has 0 amide bonds. The summed E-state index contributed by atoms with van der Waals surface area (Å²) in [6.07, 6.45) is 5.78. The molecule has 0 N–H and O–H groups in total. The molecule has 0 fully saturated rings.